The minimum Gasteiger partial charge on any atom is -0.387 e. The van der Waals surface area contributed by atoms with Gasteiger partial charge in [-0.25, -0.2) is 0 Å². The Balaban J connectivity index is 0.000000356. The molecule has 2 fully saturated rings. The van der Waals surface area contributed by atoms with Crippen LogP contribution >= 0.6 is 0 Å². The van der Waals surface area contributed by atoms with Crippen molar-refractivity contribution >= 4 is 5.57 Å². The van der Waals surface area contributed by atoms with Crippen molar-refractivity contribution in [2.24, 2.45) is 0 Å². The molecule has 158 valence electrons. The first-order valence-corrected chi connectivity index (χ1v) is 10.5. The molecule has 0 saturated heterocycles. The zero-order valence-corrected chi connectivity index (χ0v) is 20.9. The van der Waals surface area contributed by atoms with Crippen LogP contribution in [0.1, 0.15) is 37.8 Å². The fraction of sp³-hybridized carbons (Fsp3) is 0.172. The van der Waals surface area contributed by atoms with E-state index in [1.165, 1.54) is 0 Å². The number of hydrogen-bond acceptors (Lipinski definition) is 1. The molecule has 0 spiro atoms. The first kappa shape index (κ1) is 28.1. The maximum Gasteiger partial charge on any atom is 0.0729 e. The Morgan fingerprint density at radius 3 is 1.35 bits per heavy atom. The third kappa shape index (κ3) is 10.5. The Kier molecular flexibility index (Phi) is 15.0. The SMILES string of the molecule is CCC(O)(CC)C(=[C-]c1ccccc1)c1ccccc1.[CH]1[CH][CH][CH][CH]1.[CH]1[CH][CH][CH][CH]1.[Zr]. The Hall–Kier alpha value is -0.977. The van der Waals surface area contributed by atoms with Crippen LogP contribution in [-0.4, -0.2) is 10.7 Å². The number of benzene rings is 2. The summed E-state index contributed by atoms with van der Waals surface area (Å²) in [7, 11) is 0. The van der Waals surface area contributed by atoms with Crippen LogP contribution in [0.2, 0.25) is 0 Å². The Bertz CT molecular complexity index is 671. The van der Waals surface area contributed by atoms with Gasteiger partial charge in [0.2, 0.25) is 0 Å². The molecule has 2 heteroatoms. The predicted octanol–water partition coefficient (Wildman–Crippen LogP) is 6.51. The molecule has 10 radical (unpaired) electrons. The molecule has 0 amide bonds. The molecule has 2 aliphatic rings. The summed E-state index contributed by atoms with van der Waals surface area (Å²) in [5.74, 6) is 0. The molecule has 1 nitrogen and oxygen atoms in total. The van der Waals surface area contributed by atoms with Gasteiger partial charge in [0.1, 0.15) is 0 Å². The molecule has 0 aromatic heterocycles. The molecular weight excluding hydrogens is 456 g/mol. The normalized spacial score (nSPS) is 15.8. The van der Waals surface area contributed by atoms with Crippen molar-refractivity contribution in [3.63, 3.8) is 0 Å². The molecule has 0 unspecified atom stereocenters. The minimum absolute atomic E-state index is 0. The van der Waals surface area contributed by atoms with Gasteiger partial charge >= 0.3 is 0 Å². The van der Waals surface area contributed by atoms with Crippen molar-refractivity contribution in [2.45, 2.75) is 32.3 Å². The van der Waals surface area contributed by atoms with Crippen molar-refractivity contribution in [1.29, 1.82) is 0 Å². The molecule has 1 N–H and O–H groups in total. The molecule has 2 aliphatic carbocycles. The first-order chi connectivity index (χ1) is 14.7. The summed E-state index contributed by atoms with van der Waals surface area (Å²) in [4.78, 5) is 0. The number of aliphatic hydroxyl groups is 1. The molecule has 0 bridgehead atoms. The summed E-state index contributed by atoms with van der Waals surface area (Å²) >= 11 is 0. The van der Waals surface area contributed by atoms with Gasteiger partial charge in [-0.1, -0.05) is 61.4 Å². The van der Waals surface area contributed by atoms with Crippen LogP contribution in [0.4, 0.5) is 0 Å². The van der Waals surface area contributed by atoms with Crippen LogP contribution in [0.25, 0.3) is 5.57 Å². The molecule has 0 aliphatic heterocycles. The van der Waals surface area contributed by atoms with Crippen LogP contribution in [0.15, 0.2) is 60.7 Å². The van der Waals surface area contributed by atoms with Gasteiger partial charge in [-0.2, -0.15) is 0 Å². The minimum atomic E-state index is -0.836. The summed E-state index contributed by atoms with van der Waals surface area (Å²) in [5.41, 5.74) is 2.06. The summed E-state index contributed by atoms with van der Waals surface area (Å²) in [6.45, 7) is 4.03. The zero-order valence-electron chi connectivity index (χ0n) is 18.4. The largest absolute Gasteiger partial charge is 0.387 e. The second-order valence-corrected chi connectivity index (χ2v) is 6.90. The van der Waals surface area contributed by atoms with E-state index >= 15 is 0 Å². The Morgan fingerprint density at radius 1 is 0.645 bits per heavy atom. The smallest absolute Gasteiger partial charge is 0.0729 e. The summed E-state index contributed by atoms with van der Waals surface area (Å²) in [5, 5.41) is 10.9. The molecule has 2 aromatic rings. The Labute approximate surface area is 210 Å². The maximum atomic E-state index is 10.9. The van der Waals surface area contributed by atoms with Gasteiger partial charge in [0, 0.05) is 26.2 Å². The van der Waals surface area contributed by atoms with Crippen LogP contribution in [0, 0.1) is 70.3 Å². The number of rotatable bonds is 5. The third-order valence-corrected chi connectivity index (χ3v) is 4.85. The van der Waals surface area contributed by atoms with E-state index in [2.05, 4.69) is 6.08 Å². The predicted molar refractivity (Wildman–Crippen MR) is 127 cm³/mol. The van der Waals surface area contributed by atoms with Gasteiger partial charge in [0.05, 0.1) is 5.60 Å². The molecule has 31 heavy (non-hydrogen) atoms. The van der Waals surface area contributed by atoms with Crippen molar-refractivity contribution in [3.05, 3.63) is 142 Å². The van der Waals surface area contributed by atoms with E-state index in [-0.39, 0.29) is 26.2 Å². The van der Waals surface area contributed by atoms with Crippen molar-refractivity contribution in [3.8, 4) is 0 Å². The molecule has 0 heterocycles. The molecule has 2 aromatic carbocycles. The average molecular weight is 487 g/mol. The second kappa shape index (κ2) is 16.6. The van der Waals surface area contributed by atoms with E-state index in [1.807, 2.05) is 139 Å². The van der Waals surface area contributed by atoms with Crippen LogP contribution < -0.4 is 0 Å². The van der Waals surface area contributed by atoms with Gasteiger partial charge in [0.25, 0.3) is 0 Å². The van der Waals surface area contributed by atoms with E-state index < -0.39 is 5.60 Å². The van der Waals surface area contributed by atoms with E-state index in [0.29, 0.717) is 12.8 Å². The average Bonchev–Trinajstić information content (AvgIpc) is 3.57. The van der Waals surface area contributed by atoms with E-state index in [4.69, 9.17) is 0 Å². The van der Waals surface area contributed by atoms with Gasteiger partial charge in [-0.05, 0) is 77.0 Å². The third-order valence-electron chi connectivity index (χ3n) is 4.85. The monoisotopic (exact) mass is 485 g/mol. The number of hydrogen-bond donors (Lipinski definition) is 1. The van der Waals surface area contributed by atoms with Crippen LogP contribution in [-0.2, 0) is 26.2 Å². The quantitative estimate of drug-likeness (QED) is 0.377. The topological polar surface area (TPSA) is 20.2 Å². The van der Waals surface area contributed by atoms with Crippen molar-refractivity contribution in [2.75, 3.05) is 0 Å². The Morgan fingerprint density at radius 2 is 1.00 bits per heavy atom. The van der Waals surface area contributed by atoms with Gasteiger partial charge in [-0.15, -0.1) is 35.9 Å². The van der Waals surface area contributed by atoms with Gasteiger partial charge in [-0.3, -0.25) is 0 Å². The van der Waals surface area contributed by atoms with E-state index in [0.717, 1.165) is 16.7 Å². The molecule has 2 saturated carbocycles. The summed E-state index contributed by atoms with van der Waals surface area (Å²) < 4.78 is 0. The maximum absolute atomic E-state index is 10.9. The van der Waals surface area contributed by atoms with Crippen molar-refractivity contribution < 1.29 is 31.3 Å². The zero-order chi connectivity index (χ0) is 21.5. The van der Waals surface area contributed by atoms with E-state index in [1.54, 1.807) is 0 Å². The molecule has 4 rings (SSSR count). The fourth-order valence-corrected chi connectivity index (χ4v) is 2.97. The van der Waals surface area contributed by atoms with Gasteiger partial charge < -0.3 is 5.11 Å². The summed E-state index contributed by atoms with van der Waals surface area (Å²) in [6.07, 6.45) is 24.8. The second-order valence-electron chi connectivity index (χ2n) is 6.90. The van der Waals surface area contributed by atoms with E-state index in [9.17, 15) is 5.11 Å². The van der Waals surface area contributed by atoms with Crippen LogP contribution in [0.5, 0.6) is 0 Å². The standard InChI is InChI=1S/C19H21O.2C5H5.Zr/c1-3-19(20,4-2)18(17-13-9-6-10-14-17)15-16-11-7-5-8-12-16;2*1-2-4-5-3-1;/h5-14,20H,3-4H2,1-2H3;2*1-5H;/q-1;;;. The molecular formula is C29H31OZr-. The van der Waals surface area contributed by atoms with Gasteiger partial charge in [0.15, 0.2) is 0 Å². The molecule has 0 atom stereocenters. The van der Waals surface area contributed by atoms with Crippen LogP contribution in [0.3, 0.4) is 0 Å². The fourth-order valence-electron chi connectivity index (χ4n) is 2.97. The van der Waals surface area contributed by atoms with Crippen molar-refractivity contribution in [1.82, 2.24) is 0 Å². The summed E-state index contributed by atoms with van der Waals surface area (Å²) in [6, 6.07) is 20.0. The first-order valence-electron chi connectivity index (χ1n) is 10.5.